The number of azo groups is 1. The number of ether oxygens (including phenoxy) is 2. The molecule has 0 bridgehead atoms. The van der Waals surface area contributed by atoms with Gasteiger partial charge in [-0.2, -0.15) is 0 Å². The normalized spacial score (nSPS) is 11.4. The number of rotatable bonds is 8. The number of nitrogens with zero attached hydrogens (tertiary/aromatic N) is 3. The number of para-hydroxylation sites is 1. The smallest absolute Gasteiger partial charge is 0.302 e. The first kappa shape index (κ1) is 23.1. The van der Waals surface area contributed by atoms with E-state index >= 15 is 0 Å². The lowest BCUT2D eigenvalue weighted by Gasteiger charge is -2.09. The summed E-state index contributed by atoms with van der Waals surface area (Å²) in [7, 11) is 0. The lowest BCUT2D eigenvalue weighted by Crippen LogP contribution is -2.08. The van der Waals surface area contributed by atoms with Crippen LogP contribution in [0.15, 0.2) is 101 Å². The van der Waals surface area contributed by atoms with Crippen molar-refractivity contribution in [1.29, 1.82) is 0 Å². The van der Waals surface area contributed by atoms with Crippen LogP contribution in [0.3, 0.4) is 0 Å². The molecule has 1 aromatic heterocycles. The van der Waals surface area contributed by atoms with Crippen LogP contribution >= 0.6 is 0 Å². The van der Waals surface area contributed by atoms with Crippen LogP contribution in [0.1, 0.15) is 5.56 Å². The van der Waals surface area contributed by atoms with Gasteiger partial charge in [-0.3, -0.25) is 4.79 Å². The van der Waals surface area contributed by atoms with Crippen LogP contribution < -0.4 is 9.47 Å². The van der Waals surface area contributed by atoms with Crippen molar-refractivity contribution in [1.82, 2.24) is 4.57 Å². The number of hydrogen-bond acceptors (Lipinski definition) is 5. The lowest BCUT2D eigenvalue weighted by atomic mass is 10.1. The Kier molecular flexibility index (Phi) is 6.62. The SMILES string of the molecule is Cc1ccc(OCCn2c(O)c(N=NC(=O)COc3ccc4ccccc4c3)c3ccccc32)cc1. The number of carbonyl (C=O) groups excluding carboxylic acids is 1. The first-order valence-corrected chi connectivity index (χ1v) is 11.6. The Morgan fingerprint density at radius 1 is 0.861 bits per heavy atom. The van der Waals surface area contributed by atoms with Gasteiger partial charge in [-0.05, 0) is 48.0 Å². The Bertz CT molecular complexity index is 1550. The van der Waals surface area contributed by atoms with Crippen LogP contribution in [0.2, 0.25) is 0 Å². The van der Waals surface area contributed by atoms with Crippen LogP contribution in [0.25, 0.3) is 21.7 Å². The van der Waals surface area contributed by atoms with Crippen molar-refractivity contribution < 1.29 is 19.4 Å². The van der Waals surface area contributed by atoms with Crippen molar-refractivity contribution in [3.05, 3.63) is 96.6 Å². The van der Waals surface area contributed by atoms with Crippen molar-refractivity contribution >= 4 is 33.3 Å². The van der Waals surface area contributed by atoms with Crippen molar-refractivity contribution in [3.8, 4) is 17.4 Å². The van der Waals surface area contributed by atoms with Gasteiger partial charge in [0, 0.05) is 5.39 Å². The fourth-order valence-corrected chi connectivity index (χ4v) is 4.02. The molecule has 180 valence electrons. The molecular weight excluding hydrogens is 454 g/mol. The monoisotopic (exact) mass is 479 g/mol. The second-order valence-corrected chi connectivity index (χ2v) is 8.39. The number of benzene rings is 4. The number of aryl methyl sites for hydroxylation is 1. The van der Waals surface area contributed by atoms with E-state index in [9.17, 15) is 9.90 Å². The molecule has 0 fully saturated rings. The maximum atomic E-state index is 12.4. The quantitative estimate of drug-likeness (QED) is 0.255. The molecule has 1 heterocycles. The van der Waals surface area contributed by atoms with Crippen LogP contribution in [0, 0.1) is 6.92 Å². The summed E-state index contributed by atoms with van der Waals surface area (Å²) in [6.45, 7) is 2.51. The summed E-state index contributed by atoms with van der Waals surface area (Å²) in [6, 6.07) is 28.7. The fourth-order valence-electron chi connectivity index (χ4n) is 4.02. The number of aromatic hydroxyl groups is 1. The third-order valence-electron chi connectivity index (χ3n) is 5.87. The molecular formula is C29H25N3O4. The van der Waals surface area contributed by atoms with Crippen LogP contribution in [0.4, 0.5) is 5.69 Å². The molecule has 0 radical (unpaired) electrons. The molecule has 0 spiro atoms. The minimum atomic E-state index is -0.554. The molecule has 7 heteroatoms. The van der Waals surface area contributed by atoms with E-state index in [1.807, 2.05) is 97.9 Å². The maximum absolute atomic E-state index is 12.4. The first-order valence-electron chi connectivity index (χ1n) is 11.6. The van der Waals surface area contributed by atoms with Gasteiger partial charge in [-0.25, -0.2) is 0 Å². The second-order valence-electron chi connectivity index (χ2n) is 8.39. The van der Waals surface area contributed by atoms with E-state index < -0.39 is 5.91 Å². The molecule has 0 aliphatic carbocycles. The van der Waals surface area contributed by atoms with Crippen molar-refractivity contribution in [2.45, 2.75) is 13.5 Å². The molecule has 4 aromatic carbocycles. The molecule has 5 rings (SSSR count). The van der Waals surface area contributed by atoms with Crippen LogP contribution in [-0.4, -0.2) is 28.8 Å². The highest BCUT2D eigenvalue weighted by Gasteiger charge is 2.17. The van der Waals surface area contributed by atoms with Gasteiger partial charge in [0.15, 0.2) is 12.3 Å². The van der Waals surface area contributed by atoms with Gasteiger partial charge in [0.1, 0.15) is 18.1 Å². The highest BCUT2D eigenvalue weighted by molar-refractivity contribution is 5.95. The molecule has 1 amide bonds. The number of carbonyl (C=O) groups is 1. The van der Waals surface area contributed by atoms with E-state index in [1.54, 1.807) is 4.57 Å². The van der Waals surface area contributed by atoms with Crippen molar-refractivity contribution in [2.24, 2.45) is 10.2 Å². The van der Waals surface area contributed by atoms with Crippen molar-refractivity contribution in [2.75, 3.05) is 13.2 Å². The summed E-state index contributed by atoms with van der Waals surface area (Å²) < 4.78 is 13.1. The lowest BCUT2D eigenvalue weighted by molar-refractivity contribution is -0.120. The summed E-state index contributed by atoms with van der Waals surface area (Å²) in [4.78, 5) is 12.4. The number of amides is 1. The third kappa shape index (κ3) is 5.05. The van der Waals surface area contributed by atoms with Gasteiger partial charge >= 0.3 is 5.91 Å². The van der Waals surface area contributed by atoms with E-state index in [4.69, 9.17) is 9.47 Å². The largest absolute Gasteiger partial charge is 0.493 e. The van der Waals surface area contributed by atoms with E-state index in [0.717, 1.165) is 27.6 Å². The molecule has 0 saturated heterocycles. The summed E-state index contributed by atoms with van der Waals surface area (Å²) in [5.74, 6) is 0.705. The fraction of sp³-hybridized carbons (Fsp3) is 0.138. The van der Waals surface area contributed by atoms with Gasteiger partial charge in [0.25, 0.3) is 0 Å². The Hall–Kier alpha value is -4.65. The minimum Gasteiger partial charge on any atom is -0.493 e. The molecule has 0 aliphatic heterocycles. The van der Waals surface area contributed by atoms with Crippen LogP contribution in [0.5, 0.6) is 17.4 Å². The minimum absolute atomic E-state index is 0.0734. The predicted octanol–water partition coefficient (Wildman–Crippen LogP) is 6.58. The zero-order valence-electron chi connectivity index (χ0n) is 19.8. The molecule has 7 nitrogen and oxygen atoms in total. The molecule has 0 aliphatic rings. The molecule has 5 aromatic rings. The molecule has 0 atom stereocenters. The summed E-state index contributed by atoms with van der Waals surface area (Å²) in [6.07, 6.45) is 0. The second kappa shape index (κ2) is 10.3. The topological polar surface area (TPSA) is 85.4 Å². The van der Waals surface area contributed by atoms with E-state index in [-0.39, 0.29) is 18.2 Å². The highest BCUT2D eigenvalue weighted by atomic mass is 16.5. The van der Waals surface area contributed by atoms with Gasteiger partial charge in [-0.15, -0.1) is 10.2 Å². The number of hydrogen-bond donors (Lipinski definition) is 1. The van der Waals surface area contributed by atoms with E-state index in [2.05, 4.69) is 10.2 Å². The number of fused-ring (bicyclic) bond motifs is 2. The Morgan fingerprint density at radius 3 is 2.42 bits per heavy atom. The van der Waals surface area contributed by atoms with Gasteiger partial charge in [-0.1, -0.05) is 66.2 Å². The Balaban J connectivity index is 1.27. The Labute approximate surface area is 208 Å². The highest BCUT2D eigenvalue weighted by Crippen LogP contribution is 2.38. The van der Waals surface area contributed by atoms with Crippen molar-refractivity contribution in [3.63, 3.8) is 0 Å². The molecule has 1 N–H and O–H groups in total. The van der Waals surface area contributed by atoms with Gasteiger partial charge < -0.3 is 19.1 Å². The average Bonchev–Trinajstić information content (AvgIpc) is 3.17. The van der Waals surface area contributed by atoms with Crippen LogP contribution in [-0.2, 0) is 11.3 Å². The summed E-state index contributed by atoms with van der Waals surface area (Å²) >= 11 is 0. The summed E-state index contributed by atoms with van der Waals surface area (Å²) in [5, 5.41) is 21.5. The molecule has 0 saturated carbocycles. The third-order valence-corrected chi connectivity index (χ3v) is 5.87. The Morgan fingerprint density at radius 2 is 1.58 bits per heavy atom. The molecule has 36 heavy (non-hydrogen) atoms. The molecule has 0 unspecified atom stereocenters. The number of aromatic nitrogens is 1. The van der Waals surface area contributed by atoms with Gasteiger partial charge in [0.2, 0.25) is 5.88 Å². The zero-order valence-corrected chi connectivity index (χ0v) is 19.8. The maximum Gasteiger partial charge on any atom is 0.302 e. The van der Waals surface area contributed by atoms with Gasteiger partial charge in [0.05, 0.1) is 12.1 Å². The van der Waals surface area contributed by atoms with E-state index in [0.29, 0.717) is 24.3 Å². The summed E-state index contributed by atoms with van der Waals surface area (Å²) in [5.41, 5.74) is 2.17. The predicted molar refractivity (Wildman–Crippen MR) is 139 cm³/mol. The standard InChI is InChI=1S/C29H25N3O4/c1-20-10-13-23(14-11-20)35-17-16-32-26-9-5-4-8-25(26)28(29(32)34)31-30-27(33)19-36-24-15-12-21-6-2-3-7-22(21)18-24/h2-15,18,34H,16-17,19H2,1H3. The zero-order chi connectivity index (χ0) is 24.9. The van der Waals surface area contributed by atoms with E-state index in [1.165, 1.54) is 0 Å². The average molecular weight is 480 g/mol. The first-order chi connectivity index (χ1) is 17.6.